The number of benzene rings is 3. The van der Waals surface area contributed by atoms with Gasteiger partial charge in [-0.3, -0.25) is 4.79 Å². The second-order valence-corrected chi connectivity index (χ2v) is 8.01. The summed E-state index contributed by atoms with van der Waals surface area (Å²) < 4.78 is 0. The monoisotopic (exact) mass is 386 g/mol. The molecule has 4 heteroatoms. The molecule has 0 aliphatic heterocycles. The summed E-state index contributed by atoms with van der Waals surface area (Å²) in [4.78, 5) is 13.0. The molecule has 3 aromatic rings. The first-order chi connectivity index (χ1) is 13.8. The average Bonchev–Trinajstić information content (AvgIpc) is 2.74. The van der Waals surface area contributed by atoms with Gasteiger partial charge in [0.25, 0.3) is 5.91 Å². The average molecular weight is 386 g/mol. The molecule has 0 aliphatic carbocycles. The number of nitrogens with one attached hydrogen (secondary N) is 1. The van der Waals surface area contributed by atoms with Crippen LogP contribution in [-0.4, -0.2) is 17.2 Å². The maximum Gasteiger partial charge on any atom is 0.281 e. The Bertz CT molecular complexity index is 933. The van der Waals surface area contributed by atoms with Gasteiger partial charge in [0.2, 0.25) is 0 Å². The molecule has 0 saturated carbocycles. The summed E-state index contributed by atoms with van der Waals surface area (Å²) in [5.74, 6) is -0.613. The van der Waals surface area contributed by atoms with Crippen molar-refractivity contribution in [2.75, 3.05) is 0 Å². The first kappa shape index (κ1) is 20.5. The maximum atomic E-state index is 13.0. The Morgan fingerprint density at radius 1 is 0.793 bits per heavy atom. The summed E-state index contributed by atoms with van der Waals surface area (Å²) in [6.45, 7) is 6.47. The van der Waals surface area contributed by atoms with Gasteiger partial charge in [-0.2, -0.15) is 5.10 Å². The van der Waals surface area contributed by atoms with E-state index < -0.39 is 11.5 Å². The fourth-order valence-electron chi connectivity index (χ4n) is 3.10. The molecule has 0 unspecified atom stereocenters. The predicted octanol–water partition coefficient (Wildman–Crippen LogP) is 4.37. The van der Waals surface area contributed by atoms with Crippen LogP contribution < -0.4 is 5.43 Å². The lowest BCUT2D eigenvalue weighted by Gasteiger charge is -2.27. The number of rotatable bonds is 5. The Balaban J connectivity index is 1.82. The predicted molar refractivity (Wildman–Crippen MR) is 117 cm³/mol. The summed E-state index contributed by atoms with van der Waals surface area (Å²) in [6.07, 6.45) is 1.57. The second-order valence-electron chi connectivity index (χ2n) is 8.01. The van der Waals surface area contributed by atoms with Gasteiger partial charge in [-0.25, -0.2) is 5.43 Å². The largest absolute Gasteiger partial charge is 0.372 e. The first-order valence-electron chi connectivity index (χ1n) is 9.59. The van der Waals surface area contributed by atoms with Crippen LogP contribution >= 0.6 is 0 Å². The van der Waals surface area contributed by atoms with E-state index in [1.54, 1.807) is 54.7 Å². The minimum Gasteiger partial charge on any atom is -0.372 e. The zero-order chi connectivity index (χ0) is 20.9. The lowest BCUT2D eigenvalue weighted by molar-refractivity contribution is -0.136. The summed E-state index contributed by atoms with van der Waals surface area (Å²) in [5.41, 5.74) is 3.78. The normalized spacial score (nSPS) is 12.1. The molecule has 0 saturated heterocycles. The van der Waals surface area contributed by atoms with Crippen molar-refractivity contribution in [1.82, 2.24) is 5.43 Å². The van der Waals surface area contributed by atoms with E-state index in [4.69, 9.17) is 0 Å². The van der Waals surface area contributed by atoms with Crippen LogP contribution in [0.4, 0.5) is 0 Å². The minimum absolute atomic E-state index is 0.0751. The van der Waals surface area contributed by atoms with Crippen LogP contribution in [0.2, 0.25) is 0 Å². The Morgan fingerprint density at radius 2 is 1.28 bits per heavy atom. The number of nitrogens with zero attached hydrogens (tertiary/aromatic N) is 1. The van der Waals surface area contributed by atoms with Crippen molar-refractivity contribution < 1.29 is 9.90 Å². The van der Waals surface area contributed by atoms with Crippen LogP contribution in [0.15, 0.2) is 90.0 Å². The molecule has 0 fully saturated rings. The van der Waals surface area contributed by atoms with Crippen LogP contribution in [0.5, 0.6) is 0 Å². The number of hydrogen-bond donors (Lipinski definition) is 2. The molecule has 2 N–H and O–H groups in total. The molecule has 0 heterocycles. The third-order valence-electron chi connectivity index (χ3n) is 4.87. The highest BCUT2D eigenvalue weighted by Crippen LogP contribution is 2.29. The third kappa shape index (κ3) is 4.61. The molecule has 29 heavy (non-hydrogen) atoms. The van der Waals surface area contributed by atoms with Crippen molar-refractivity contribution in [3.63, 3.8) is 0 Å². The zero-order valence-electron chi connectivity index (χ0n) is 17.0. The van der Waals surface area contributed by atoms with Crippen molar-refractivity contribution in [3.8, 4) is 0 Å². The lowest BCUT2D eigenvalue weighted by Crippen LogP contribution is -2.43. The Morgan fingerprint density at radius 3 is 1.72 bits per heavy atom. The van der Waals surface area contributed by atoms with Gasteiger partial charge in [-0.1, -0.05) is 106 Å². The molecular weight excluding hydrogens is 360 g/mol. The van der Waals surface area contributed by atoms with Gasteiger partial charge >= 0.3 is 0 Å². The molecule has 0 aromatic heterocycles. The quantitative estimate of drug-likeness (QED) is 0.505. The summed E-state index contributed by atoms with van der Waals surface area (Å²) in [6, 6.07) is 25.7. The minimum atomic E-state index is -1.84. The zero-order valence-corrected chi connectivity index (χ0v) is 17.0. The molecule has 148 valence electrons. The Kier molecular flexibility index (Phi) is 5.95. The van der Waals surface area contributed by atoms with Crippen LogP contribution in [-0.2, 0) is 15.8 Å². The fraction of sp³-hybridized carbons (Fsp3) is 0.200. The smallest absolute Gasteiger partial charge is 0.281 e. The molecular formula is C25H26N2O2. The molecule has 0 atom stereocenters. The van der Waals surface area contributed by atoms with Crippen LogP contribution in [0.25, 0.3) is 0 Å². The van der Waals surface area contributed by atoms with Crippen LogP contribution in [0, 0.1) is 0 Å². The highest BCUT2D eigenvalue weighted by atomic mass is 16.3. The summed E-state index contributed by atoms with van der Waals surface area (Å²) in [7, 11) is 0. The van der Waals surface area contributed by atoms with E-state index in [2.05, 4.69) is 31.3 Å². The van der Waals surface area contributed by atoms with E-state index >= 15 is 0 Å². The van der Waals surface area contributed by atoms with E-state index in [0.717, 1.165) is 5.56 Å². The van der Waals surface area contributed by atoms with Crippen molar-refractivity contribution in [2.24, 2.45) is 5.10 Å². The van der Waals surface area contributed by atoms with Crippen LogP contribution in [0.3, 0.4) is 0 Å². The number of hydrogen-bond acceptors (Lipinski definition) is 3. The third-order valence-corrected chi connectivity index (χ3v) is 4.87. The first-order valence-corrected chi connectivity index (χ1v) is 9.59. The van der Waals surface area contributed by atoms with Crippen molar-refractivity contribution in [2.45, 2.75) is 31.8 Å². The van der Waals surface area contributed by atoms with Gasteiger partial charge in [0.15, 0.2) is 5.60 Å². The Labute approximate surface area is 171 Å². The van der Waals surface area contributed by atoms with Gasteiger partial charge in [0.1, 0.15) is 0 Å². The highest BCUT2D eigenvalue weighted by molar-refractivity contribution is 5.91. The second kappa shape index (κ2) is 8.41. The van der Waals surface area contributed by atoms with E-state index in [1.807, 2.05) is 36.4 Å². The number of amides is 1. The van der Waals surface area contributed by atoms with Gasteiger partial charge in [0, 0.05) is 0 Å². The number of carbonyl (C=O) groups is 1. The topological polar surface area (TPSA) is 61.7 Å². The molecule has 0 bridgehead atoms. The van der Waals surface area contributed by atoms with Gasteiger partial charge in [0.05, 0.1) is 6.21 Å². The van der Waals surface area contributed by atoms with Crippen LogP contribution in [0.1, 0.15) is 43.0 Å². The van der Waals surface area contributed by atoms with E-state index in [0.29, 0.717) is 11.1 Å². The highest BCUT2D eigenvalue weighted by Gasteiger charge is 2.39. The molecule has 0 spiro atoms. The molecule has 0 radical (unpaired) electrons. The van der Waals surface area contributed by atoms with Crippen molar-refractivity contribution in [3.05, 3.63) is 107 Å². The van der Waals surface area contributed by atoms with Gasteiger partial charge in [-0.15, -0.1) is 0 Å². The molecule has 3 aromatic carbocycles. The lowest BCUT2D eigenvalue weighted by atomic mass is 9.85. The Hall–Kier alpha value is -3.24. The summed E-state index contributed by atoms with van der Waals surface area (Å²) >= 11 is 0. The van der Waals surface area contributed by atoms with Gasteiger partial charge < -0.3 is 5.11 Å². The molecule has 4 nitrogen and oxygen atoms in total. The van der Waals surface area contributed by atoms with E-state index in [1.165, 1.54) is 5.56 Å². The SMILES string of the molecule is CC(C)(C)c1ccc(/C=N\NC(=O)C(O)(c2ccccc2)c2ccccc2)cc1. The standard InChI is InChI=1S/C25H26N2O2/c1-24(2,3)20-16-14-19(15-17-20)18-26-27-23(28)25(29,21-10-6-4-7-11-21)22-12-8-5-9-13-22/h4-18,29H,1-3H3,(H,27,28)/b26-18-. The van der Waals surface area contributed by atoms with Crippen molar-refractivity contribution in [1.29, 1.82) is 0 Å². The van der Waals surface area contributed by atoms with Gasteiger partial charge in [-0.05, 0) is 27.7 Å². The van der Waals surface area contributed by atoms with Crippen molar-refractivity contribution >= 4 is 12.1 Å². The number of hydrazone groups is 1. The molecule has 0 aliphatic rings. The number of carbonyl (C=O) groups excluding carboxylic acids is 1. The van der Waals surface area contributed by atoms with E-state index in [-0.39, 0.29) is 5.41 Å². The maximum absolute atomic E-state index is 13.0. The summed E-state index contributed by atoms with van der Waals surface area (Å²) in [5, 5.41) is 15.4. The number of aliphatic hydroxyl groups is 1. The molecule has 3 rings (SSSR count). The van der Waals surface area contributed by atoms with E-state index in [9.17, 15) is 9.90 Å². The fourth-order valence-corrected chi connectivity index (χ4v) is 3.10. The molecule has 1 amide bonds.